The zero-order chi connectivity index (χ0) is 21.4. The average molecular weight is 485 g/mol. The van der Waals surface area contributed by atoms with E-state index in [1.807, 2.05) is 12.1 Å². The second-order valence-corrected chi connectivity index (χ2v) is 8.71. The van der Waals surface area contributed by atoms with Crippen molar-refractivity contribution in [3.63, 3.8) is 0 Å². The third-order valence-corrected chi connectivity index (χ3v) is 6.77. The first-order valence-corrected chi connectivity index (χ1v) is 11.5. The van der Waals surface area contributed by atoms with Crippen LogP contribution in [0.5, 0.6) is 11.5 Å². The van der Waals surface area contributed by atoms with E-state index >= 15 is 0 Å². The lowest BCUT2D eigenvalue weighted by atomic mass is 10.3. The van der Waals surface area contributed by atoms with Crippen LogP contribution in [0.3, 0.4) is 0 Å². The molecule has 1 N–H and O–H groups in total. The maximum Gasteiger partial charge on any atom is 0.262 e. The highest BCUT2D eigenvalue weighted by atomic mass is 79.9. The summed E-state index contributed by atoms with van der Waals surface area (Å²) >= 11 is 3.35. The minimum Gasteiger partial charge on any atom is -0.492 e. The summed E-state index contributed by atoms with van der Waals surface area (Å²) in [6.45, 7) is 6.10. The number of para-hydroxylation sites is 1. The van der Waals surface area contributed by atoms with Crippen molar-refractivity contribution in [2.75, 3.05) is 31.6 Å². The SMILES string of the molecule is CCOc1ccc(NC(=O)COc2ccccc2Br)cc1S(=O)(=O)N(CC)CC. The van der Waals surface area contributed by atoms with Gasteiger partial charge in [-0.05, 0) is 53.2 Å². The highest BCUT2D eigenvalue weighted by Crippen LogP contribution is 2.30. The molecule has 158 valence electrons. The van der Waals surface area contributed by atoms with Crippen LogP contribution < -0.4 is 14.8 Å². The van der Waals surface area contributed by atoms with E-state index in [-0.39, 0.29) is 17.3 Å². The van der Waals surface area contributed by atoms with Crippen LogP contribution >= 0.6 is 15.9 Å². The second kappa shape index (κ2) is 10.6. The molecule has 2 aromatic rings. The summed E-state index contributed by atoms with van der Waals surface area (Å²) in [7, 11) is -3.75. The van der Waals surface area contributed by atoms with Crippen molar-refractivity contribution in [1.29, 1.82) is 0 Å². The Kier molecular flexibility index (Phi) is 8.48. The van der Waals surface area contributed by atoms with Gasteiger partial charge in [0, 0.05) is 18.8 Å². The van der Waals surface area contributed by atoms with Gasteiger partial charge in [-0.2, -0.15) is 4.31 Å². The Bertz CT molecular complexity index is 946. The molecular formula is C20H25BrN2O5S. The molecule has 7 nitrogen and oxygen atoms in total. The van der Waals surface area contributed by atoms with Gasteiger partial charge in [-0.25, -0.2) is 8.42 Å². The number of halogens is 1. The van der Waals surface area contributed by atoms with Crippen LogP contribution in [0.2, 0.25) is 0 Å². The minimum atomic E-state index is -3.75. The van der Waals surface area contributed by atoms with Crippen LogP contribution in [0, 0.1) is 0 Å². The van der Waals surface area contributed by atoms with E-state index in [2.05, 4.69) is 21.2 Å². The van der Waals surface area contributed by atoms with Crippen molar-refractivity contribution in [3.05, 3.63) is 46.9 Å². The van der Waals surface area contributed by atoms with Crippen LogP contribution in [-0.4, -0.2) is 44.9 Å². The molecule has 9 heteroatoms. The summed E-state index contributed by atoms with van der Waals surface area (Å²) in [4.78, 5) is 12.3. The van der Waals surface area contributed by atoms with Gasteiger partial charge < -0.3 is 14.8 Å². The van der Waals surface area contributed by atoms with Crippen molar-refractivity contribution >= 4 is 37.5 Å². The molecule has 0 aromatic heterocycles. The molecule has 0 aliphatic rings. The number of hydrogen-bond donors (Lipinski definition) is 1. The first kappa shape index (κ1) is 23.2. The molecule has 29 heavy (non-hydrogen) atoms. The van der Waals surface area contributed by atoms with Crippen molar-refractivity contribution in [2.24, 2.45) is 0 Å². The van der Waals surface area contributed by atoms with Gasteiger partial charge >= 0.3 is 0 Å². The average Bonchev–Trinajstić information content (AvgIpc) is 2.69. The molecule has 0 atom stereocenters. The van der Waals surface area contributed by atoms with Crippen LogP contribution in [0.25, 0.3) is 0 Å². The monoisotopic (exact) mass is 484 g/mol. The lowest BCUT2D eigenvalue weighted by Gasteiger charge is -2.21. The summed E-state index contributed by atoms with van der Waals surface area (Å²) in [5.41, 5.74) is 0.347. The topological polar surface area (TPSA) is 84.9 Å². The number of nitrogens with one attached hydrogen (secondary N) is 1. The first-order chi connectivity index (χ1) is 13.8. The molecule has 2 rings (SSSR count). The molecular weight excluding hydrogens is 460 g/mol. The summed E-state index contributed by atoms with van der Waals surface area (Å²) in [6.07, 6.45) is 0. The third-order valence-electron chi connectivity index (χ3n) is 4.05. The number of nitrogens with zero attached hydrogens (tertiary/aromatic N) is 1. The van der Waals surface area contributed by atoms with E-state index in [1.54, 1.807) is 45.0 Å². The first-order valence-electron chi connectivity index (χ1n) is 9.27. The molecule has 1 amide bonds. The van der Waals surface area contributed by atoms with Crippen molar-refractivity contribution < 1.29 is 22.7 Å². The van der Waals surface area contributed by atoms with Gasteiger partial charge in [-0.1, -0.05) is 26.0 Å². The van der Waals surface area contributed by atoms with Crippen LogP contribution in [-0.2, 0) is 14.8 Å². The smallest absolute Gasteiger partial charge is 0.262 e. The number of anilines is 1. The fourth-order valence-corrected chi connectivity index (χ4v) is 4.68. The number of rotatable bonds is 10. The van der Waals surface area contributed by atoms with E-state index in [4.69, 9.17) is 9.47 Å². The predicted molar refractivity (Wildman–Crippen MR) is 116 cm³/mol. The lowest BCUT2D eigenvalue weighted by Crippen LogP contribution is -2.31. The number of carbonyl (C=O) groups is 1. The standard InChI is InChI=1S/C20H25BrN2O5S/c1-4-23(5-2)29(25,26)19-13-15(11-12-18(19)27-6-3)22-20(24)14-28-17-10-8-7-9-16(17)21/h7-13H,4-6,14H2,1-3H3,(H,22,24). The summed E-state index contributed by atoms with van der Waals surface area (Å²) < 4.78 is 39.0. The zero-order valence-corrected chi connectivity index (χ0v) is 19.0. The molecule has 0 spiro atoms. The molecule has 0 heterocycles. The van der Waals surface area contributed by atoms with Crippen LogP contribution in [0.15, 0.2) is 51.8 Å². The fraction of sp³-hybridized carbons (Fsp3) is 0.350. The summed E-state index contributed by atoms with van der Waals surface area (Å²) in [5.74, 6) is 0.386. The number of hydrogen-bond acceptors (Lipinski definition) is 5. The van der Waals surface area contributed by atoms with Gasteiger partial charge in [0.05, 0.1) is 11.1 Å². The number of benzene rings is 2. The molecule has 2 aromatic carbocycles. The lowest BCUT2D eigenvalue weighted by molar-refractivity contribution is -0.118. The van der Waals surface area contributed by atoms with E-state index < -0.39 is 15.9 Å². The quantitative estimate of drug-likeness (QED) is 0.552. The molecule has 0 aliphatic carbocycles. The molecule has 0 aliphatic heterocycles. The normalized spacial score (nSPS) is 11.3. The van der Waals surface area contributed by atoms with E-state index in [1.165, 1.54) is 10.4 Å². The van der Waals surface area contributed by atoms with Crippen LogP contribution in [0.4, 0.5) is 5.69 Å². The van der Waals surface area contributed by atoms with Gasteiger partial charge in [0.2, 0.25) is 10.0 Å². The van der Waals surface area contributed by atoms with Crippen molar-refractivity contribution in [1.82, 2.24) is 4.31 Å². The Morgan fingerprint density at radius 2 is 1.72 bits per heavy atom. The van der Waals surface area contributed by atoms with Gasteiger partial charge in [0.1, 0.15) is 16.4 Å². The Hall–Kier alpha value is -2.10. The fourth-order valence-electron chi connectivity index (χ4n) is 2.67. The van der Waals surface area contributed by atoms with Crippen molar-refractivity contribution in [2.45, 2.75) is 25.7 Å². The zero-order valence-electron chi connectivity index (χ0n) is 16.6. The number of ether oxygens (including phenoxy) is 2. The molecule has 0 bridgehead atoms. The molecule has 0 saturated carbocycles. The highest BCUT2D eigenvalue weighted by Gasteiger charge is 2.26. The largest absolute Gasteiger partial charge is 0.492 e. The molecule has 0 fully saturated rings. The van der Waals surface area contributed by atoms with Gasteiger partial charge in [0.15, 0.2) is 6.61 Å². The summed E-state index contributed by atoms with van der Waals surface area (Å²) in [6, 6.07) is 11.7. The minimum absolute atomic E-state index is 0.0209. The highest BCUT2D eigenvalue weighted by molar-refractivity contribution is 9.10. The van der Waals surface area contributed by atoms with Crippen molar-refractivity contribution in [3.8, 4) is 11.5 Å². The maximum absolute atomic E-state index is 13.0. The van der Waals surface area contributed by atoms with E-state index in [0.717, 1.165) is 4.47 Å². The van der Waals surface area contributed by atoms with Crippen LogP contribution in [0.1, 0.15) is 20.8 Å². The second-order valence-electron chi connectivity index (χ2n) is 5.95. The molecule has 0 saturated heterocycles. The van der Waals surface area contributed by atoms with E-state index in [9.17, 15) is 13.2 Å². The molecule has 0 unspecified atom stereocenters. The van der Waals surface area contributed by atoms with Gasteiger partial charge in [-0.3, -0.25) is 4.79 Å². The predicted octanol–water partition coefficient (Wildman–Crippen LogP) is 3.90. The number of amides is 1. The van der Waals surface area contributed by atoms with E-state index in [0.29, 0.717) is 31.1 Å². The third kappa shape index (κ3) is 5.94. The maximum atomic E-state index is 13.0. The Morgan fingerprint density at radius 3 is 2.34 bits per heavy atom. The number of sulfonamides is 1. The number of carbonyl (C=O) groups excluding carboxylic acids is 1. The Labute approximate surface area is 180 Å². The molecule has 0 radical (unpaired) electrons. The summed E-state index contributed by atoms with van der Waals surface area (Å²) in [5, 5.41) is 2.67. The van der Waals surface area contributed by atoms with Gasteiger partial charge in [0.25, 0.3) is 5.91 Å². The van der Waals surface area contributed by atoms with Gasteiger partial charge in [-0.15, -0.1) is 0 Å². The Morgan fingerprint density at radius 1 is 1.03 bits per heavy atom. The Balaban J connectivity index is 2.21.